The molecule has 0 amide bonds. The van der Waals surface area contributed by atoms with Crippen LogP contribution in [0, 0.1) is 11.8 Å². The van der Waals surface area contributed by atoms with Crippen LogP contribution in [0.3, 0.4) is 0 Å². The summed E-state index contributed by atoms with van der Waals surface area (Å²) in [7, 11) is 1.84. The molecule has 0 unspecified atom stereocenters. The van der Waals surface area contributed by atoms with Gasteiger partial charge in [0.2, 0.25) is 0 Å². The topological polar surface area (TPSA) is 55.1 Å². The molecule has 2 aromatic heterocycles. The van der Waals surface area contributed by atoms with E-state index in [0.717, 1.165) is 22.3 Å². The zero-order valence-corrected chi connectivity index (χ0v) is 10.1. The highest BCUT2D eigenvalue weighted by Gasteiger charge is 2.08. The first kappa shape index (κ1) is 10.5. The predicted molar refractivity (Wildman–Crippen MR) is 70.4 cm³/mol. The lowest BCUT2D eigenvalue weighted by molar-refractivity contribution is 1.10. The number of benzene rings is 1. The zero-order chi connectivity index (χ0) is 12.5. The molecule has 88 valence electrons. The molecule has 0 aliphatic heterocycles. The summed E-state index contributed by atoms with van der Waals surface area (Å²) in [6.45, 7) is 1.82. The van der Waals surface area contributed by atoms with E-state index in [-0.39, 0.29) is 0 Å². The van der Waals surface area contributed by atoms with Gasteiger partial charge in [-0.15, -0.1) is 16.1 Å². The molecular weight excluding hydrogens is 226 g/mol. The van der Waals surface area contributed by atoms with Crippen LogP contribution >= 0.6 is 0 Å². The SMILES string of the molecule is CC#Cc1ccc2c(NC)nc3nncn3c2c1. The van der Waals surface area contributed by atoms with Crippen LogP contribution < -0.4 is 5.32 Å². The average Bonchev–Trinajstić information content (AvgIpc) is 2.86. The van der Waals surface area contributed by atoms with Crippen LogP contribution in [0.2, 0.25) is 0 Å². The van der Waals surface area contributed by atoms with Gasteiger partial charge in [-0.3, -0.25) is 4.40 Å². The molecule has 0 saturated heterocycles. The predicted octanol–water partition coefficient (Wildman–Crippen LogP) is 1.69. The van der Waals surface area contributed by atoms with Crippen molar-refractivity contribution in [3.63, 3.8) is 0 Å². The number of aromatic nitrogens is 4. The molecule has 2 heterocycles. The van der Waals surface area contributed by atoms with Gasteiger partial charge in [0.05, 0.1) is 5.52 Å². The molecule has 5 heteroatoms. The molecule has 1 aromatic carbocycles. The summed E-state index contributed by atoms with van der Waals surface area (Å²) >= 11 is 0. The van der Waals surface area contributed by atoms with Gasteiger partial charge >= 0.3 is 0 Å². The molecule has 5 nitrogen and oxygen atoms in total. The van der Waals surface area contributed by atoms with Gasteiger partial charge in [0, 0.05) is 18.0 Å². The fourth-order valence-corrected chi connectivity index (χ4v) is 1.98. The second kappa shape index (κ2) is 4.00. The number of nitrogens with one attached hydrogen (secondary N) is 1. The smallest absolute Gasteiger partial charge is 0.257 e. The molecule has 0 spiro atoms. The van der Waals surface area contributed by atoms with Gasteiger partial charge < -0.3 is 5.32 Å². The number of nitrogens with zero attached hydrogens (tertiary/aromatic N) is 4. The second-order valence-electron chi connectivity index (χ2n) is 3.82. The Kier molecular flexibility index (Phi) is 2.34. The molecule has 18 heavy (non-hydrogen) atoms. The van der Waals surface area contributed by atoms with Crippen molar-refractivity contribution in [2.45, 2.75) is 6.92 Å². The Hall–Kier alpha value is -2.61. The molecule has 0 aliphatic rings. The fourth-order valence-electron chi connectivity index (χ4n) is 1.98. The van der Waals surface area contributed by atoms with Gasteiger partial charge in [0.15, 0.2) is 0 Å². The minimum absolute atomic E-state index is 0.577. The van der Waals surface area contributed by atoms with E-state index in [0.29, 0.717) is 5.78 Å². The number of hydrogen-bond acceptors (Lipinski definition) is 4. The van der Waals surface area contributed by atoms with Crippen molar-refractivity contribution in [1.82, 2.24) is 19.6 Å². The Bertz CT molecular complexity index is 791. The normalized spacial score (nSPS) is 10.3. The highest BCUT2D eigenvalue weighted by atomic mass is 15.3. The zero-order valence-electron chi connectivity index (χ0n) is 10.1. The van der Waals surface area contributed by atoms with Crippen molar-refractivity contribution < 1.29 is 0 Å². The van der Waals surface area contributed by atoms with Crippen LogP contribution in [0.1, 0.15) is 12.5 Å². The number of fused-ring (bicyclic) bond motifs is 3. The Morgan fingerprint density at radius 1 is 1.33 bits per heavy atom. The Morgan fingerprint density at radius 2 is 2.22 bits per heavy atom. The van der Waals surface area contributed by atoms with E-state index in [1.54, 1.807) is 6.33 Å². The Labute approximate surface area is 104 Å². The lowest BCUT2D eigenvalue weighted by Crippen LogP contribution is -1.99. The summed E-state index contributed by atoms with van der Waals surface area (Å²) in [6.07, 6.45) is 1.66. The fraction of sp³-hybridized carbons (Fsp3) is 0.154. The van der Waals surface area contributed by atoms with E-state index in [4.69, 9.17) is 0 Å². The van der Waals surface area contributed by atoms with Crippen molar-refractivity contribution in [1.29, 1.82) is 0 Å². The third-order valence-electron chi connectivity index (χ3n) is 2.76. The standard InChI is InChI=1S/C13H11N5/c1-3-4-9-5-6-10-11(7-9)18-8-15-17-13(18)16-12(10)14-2/h5-8H,1-2H3,(H,14,16,17). The Balaban J connectivity index is 2.46. The van der Waals surface area contributed by atoms with E-state index in [2.05, 4.69) is 32.3 Å². The summed E-state index contributed by atoms with van der Waals surface area (Å²) in [5, 5.41) is 12.0. The van der Waals surface area contributed by atoms with E-state index < -0.39 is 0 Å². The first-order valence-electron chi connectivity index (χ1n) is 5.57. The maximum absolute atomic E-state index is 4.40. The maximum Gasteiger partial charge on any atom is 0.257 e. The quantitative estimate of drug-likeness (QED) is 0.654. The van der Waals surface area contributed by atoms with E-state index in [1.165, 1.54) is 0 Å². The van der Waals surface area contributed by atoms with Gasteiger partial charge in [-0.05, 0) is 25.1 Å². The number of anilines is 1. The van der Waals surface area contributed by atoms with Gasteiger partial charge in [-0.2, -0.15) is 4.98 Å². The van der Waals surface area contributed by atoms with Gasteiger partial charge in [0.25, 0.3) is 5.78 Å². The molecule has 0 radical (unpaired) electrons. The minimum Gasteiger partial charge on any atom is -0.372 e. The number of rotatable bonds is 1. The first-order valence-corrected chi connectivity index (χ1v) is 5.57. The van der Waals surface area contributed by atoms with Crippen molar-refractivity contribution in [3.8, 4) is 11.8 Å². The van der Waals surface area contributed by atoms with E-state index in [9.17, 15) is 0 Å². The van der Waals surface area contributed by atoms with Crippen molar-refractivity contribution >= 4 is 22.5 Å². The first-order chi connectivity index (χ1) is 8.83. The van der Waals surface area contributed by atoms with Crippen LogP contribution in [0.25, 0.3) is 16.7 Å². The second-order valence-corrected chi connectivity index (χ2v) is 3.82. The molecule has 1 N–H and O–H groups in total. The van der Waals surface area contributed by atoms with E-state index >= 15 is 0 Å². The molecule has 0 atom stereocenters. The van der Waals surface area contributed by atoms with Crippen LogP contribution in [0.15, 0.2) is 24.5 Å². The van der Waals surface area contributed by atoms with Gasteiger partial charge in [0.1, 0.15) is 12.1 Å². The molecule has 0 bridgehead atoms. The van der Waals surface area contributed by atoms with Crippen molar-refractivity contribution in [3.05, 3.63) is 30.1 Å². The third-order valence-corrected chi connectivity index (χ3v) is 2.76. The highest BCUT2D eigenvalue weighted by molar-refractivity contribution is 5.91. The summed E-state index contributed by atoms with van der Waals surface area (Å²) < 4.78 is 1.86. The van der Waals surface area contributed by atoms with Crippen LogP contribution in [-0.2, 0) is 0 Å². The molecule has 3 rings (SSSR count). The van der Waals surface area contributed by atoms with Crippen LogP contribution in [0.5, 0.6) is 0 Å². The van der Waals surface area contributed by atoms with E-state index in [1.807, 2.05) is 36.6 Å². The van der Waals surface area contributed by atoms with Gasteiger partial charge in [-0.25, -0.2) is 0 Å². The molecular formula is C13H11N5. The van der Waals surface area contributed by atoms with Crippen molar-refractivity contribution in [2.24, 2.45) is 0 Å². The maximum atomic E-state index is 4.40. The van der Waals surface area contributed by atoms with Crippen LogP contribution in [-0.4, -0.2) is 26.6 Å². The highest BCUT2D eigenvalue weighted by Crippen LogP contribution is 2.23. The molecule has 3 aromatic rings. The minimum atomic E-state index is 0.577. The lowest BCUT2D eigenvalue weighted by Gasteiger charge is -2.07. The molecule has 0 fully saturated rings. The molecule has 0 saturated carbocycles. The monoisotopic (exact) mass is 237 g/mol. The summed E-state index contributed by atoms with van der Waals surface area (Å²) in [4.78, 5) is 4.40. The largest absolute Gasteiger partial charge is 0.372 e. The van der Waals surface area contributed by atoms with Crippen molar-refractivity contribution in [2.75, 3.05) is 12.4 Å². The lowest BCUT2D eigenvalue weighted by atomic mass is 10.1. The van der Waals surface area contributed by atoms with Crippen LogP contribution in [0.4, 0.5) is 5.82 Å². The number of hydrogen-bond donors (Lipinski definition) is 1. The summed E-state index contributed by atoms with van der Waals surface area (Å²) in [6, 6.07) is 6.01. The Morgan fingerprint density at radius 3 is 3.00 bits per heavy atom. The summed E-state index contributed by atoms with van der Waals surface area (Å²) in [5.41, 5.74) is 1.96. The summed E-state index contributed by atoms with van der Waals surface area (Å²) in [5.74, 6) is 7.32. The third kappa shape index (κ3) is 1.47. The molecule has 0 aliphatic carbocycles. The van der Waals surface area contributed by atoms with Gasteiger partial charge in [-0.1, -0.05) is 5.92 Å². The average molecular weight is 237 g/mol.